The van der Waals surface area contributed by atoms with Gasteiger partial charge in [-0.1, -0.05) is 0 Å². The summed E-state index contributed by atoms with van der Waals surface area (Å²) >= 11 is 0. The number of carbonyl (C=O) groups is 2. The number of hydrogen-bond donors (Lipinski definition) is 3. The Morgan fingerprint density at radius 2 is 2.04 bits per heavy atom. The van der Waals surface area contributed by atoms with E-state index in [9.17, 15) is 19.1 Å². The van der Waals surface area contributed by atoms with Crippen molar-refractivity contribution in [1.82, 2.24) is 5.32 Å². The van der Waals surface area contributed by atoms with Crippen molar-refractivity contribution in [3.63, 3.8) is 0 Å². The Balaban J connectivity index is 1.74. The van der Waals surface area contributed by atoms with Crippen molar-refractivity contribution in [3.05, 3.63) is 29.6 Å². The molecule has 5 nitrogen and oxygen atoms in total. The molecule has 1 aromatic rings. The standard InChI is InChI=1S/C17H21FN2O3/c1-9(22)19-15-7-12(4-5-14(15)18)17(23)20-16-11-3-2-10(6-11)13(16)8-21/h4-5,7,10-11,13,16,21H,2-3,6,8H2,1H3,(H,19,22)(H,20,23). The molecule has 2 saturated carbocycles. The van der Waals surface area contributed by atoms with E-state index < -0.39 is 11.7 Å². The van der Waals surface area contributed by atoms with Crippen LogP contribution in [0.2, 0.25) is 0 Å². The molecule has 23 heavy (non-hydrogen) atoms. The van der Waals surface area contributed by atoms with Gasteiger partial charge in [-0.25, -0.2) is 4.39 Å². The highest BCUT2D eigenvalue weighted by atomic mass is 19.1. The minimum absolute atomic E-state index is 0.00296. The minimum Gasteiger partial charge on any atom is -0.396 e. The van der Waals surface area contributed by atoms with Gasteiger partial charge >= 0.3 is 0 Å². The Labute approximate surface area is 134 Å². The number of fused-ring (bicyclic) bond motifs is 2. The van der Waals surface area contributed by atoms with Crippen molar-refractivity contribution in [2.45, 2.75) is 32.2 Å². The van der Waals surface area contributed by atoms with Gasteiger partial charge in [0, 0.05) is 31.1 Å². The van der Waals surface area contributed by atoms with E-state index in [1.54, 1.807) is 0 Å². The molecule has 0 heterocycles. The summed E-state index contributed by atoms with van der Waals surface area (Å²) in [6, 6.07) is 3.88. The number of carbonyl (C=O) groups excluding carboxylic acids is 2. The molecule has 124 valence electrons. The number of aliphatic hydroxyl groups excluding tert-OH is 1. The summed E-state index contributed by atoms with van der Waals surface area (Å²) < 4.78 is 13.7. The van der Waals surface area contributed by atoms with Crippen molar-refractivity contribution in [2.75, 3.05) is 11.9 Å². The smallest absolute Gasteiger partial charge is 0.251 e. The second kappa shape index (κ2) is 6.28. The SMILES string of the molecule is CC(=O)Nc1cc(C(=O)NC2C3CCC(C3)C2CO)ccc1F. The quantitative estimate of drug-likeness (QED) is 0.793. The molecule has 2 aliphatic carbocycles. The first-order valence-corrected chi connectivity index (χ1v) is 7.98. The van der Waals surface area contributed by atoms with Crippen molar-refractivity contribution >= 4 is 17.5 Å². The van der Waals surface area contributed by atoms with Gasteiger partial charge in [-0.05, 0) is 49.3 Å². The Kier molecular flexibility index (Phi) is 4.35. The Morgan fingerprint density at radius 3 is 2.74 bits per heavy atom. The van der Waals surface area contributed by atoms with Gasteiger partial charge in [0.2, 0.25) is 5.91 Å². The minimum atomic E-state index is -0.579. The predicted molar refractivity (Wildman–Crippen MR) is 83.4 cm³/mol. The van der Waals surface area contributed by atoms with Gasteiger partial charge < -0.3 is 15.7 Å². The van der Waals surface area contributed by atoms with Gasteiger partial charge in [-0.15, -0.1) is 0 Å². The molecule has 0 aliphatic heterocycles. The number of benzene rings is 1. The molecule has 1 aromatic carbocycles. The van der Waals surface area contributed by atoms with Crippen molar-refractivity contribution in [3.8, 4) is 0 Å². The van der Waals surface area contributed by atoms with E-state index in [4.69, 9.17) is 0 Å². The number of rotatable bonds is 4. The zero-order chi connectivity index (χ0) is 16.6. The lowest BCUT2D eigenvalue weighted by Crippen LogP contribution is -2.45. The summed E-state index contributed by atoms with van der Waals surface area (Å²) in [4.78, 5) is 23.5. The molecule has 0 radical (unpaired) electrons. The molecular weight excluding hydrogens is 299 g/mol. The highest BCUT2D eigenvalue weighted by molar-refractivity contribution is 5.97. The number of aliphatic hydroxyl groups is 1. The fraction of sp³-hybridized carbons (Fsp3) is 0.529. The highest BCUT2D eigenvalue weighted by Crippen LogP contribution is 2.48. The van der Waals surface area contributed by atoms with Gasteiger partial charge in [0.25, 0.3) is 5.91 Å². The molecule has 0 spiro atoms. The maximum Gasteiger partial charge on any atom is 0.251 e. The lowest BCUT2D eigenvalue weighted by molar-refractivity contribution is -0.114. The van der Waals surface area contributed by atoms with E-state index in [0.717, 1.165) is 19.3 Å². The summed E-state index contributed by atoms with van der Waals surface area (Å²) in [6.45, 7) is 1.36. The number of halogens is 1. The first kappa shape index (κ1) is 15.9. The average molecular weight is 320 g/mol. The van der Waals surface area contributed by atoms with Gasteiger partial charge in [-0.2, -0.15) is 0 Å². The van der Waals surface area contributed by atoms with E-state index >= 15 is 0 Å². The summed E-state index contributed by atoms with van der Waals surface area (Å²) in [5, 5.41) is 14.9. The average Bonchev–Trinajstić information content (AvgIpc) is 3.10. The Hall–Kier alpha value is -1.95. The molecular formula is C17H21FN2O3. The van der Waals surface area contributed by atoms with Gasteiger partial charge in [-0.3, -0.25) is 9.59 Å². The van der Waals surface area contributed by atoms with Crippen molar-refractivity contribution in [2.24, 2.45) is 17.8 Å². The Bertz CT molecular complexity index is 634. The van der Waals surface area contributed by atoms with E-state index in [0.29, 0.717) is 17.4 Å². The Morgan fingerprint density at radius 1 is 1.30 bits per heavy atom. The number of amides is 2. The van der Waals surface area contributed by atoms with E-state index in [1.165, 1.54) is 25.1 Å². The van der Waals surface area contributed by atoms with Crippen LogP contribution >= 0.6 is 0 Å². The molecule has 2 fully saturated rings. The van der Waals surface area contributed by atoms with E-state index in [1.807, 2.05) is 0 Å². The van der Waals surface area contributed by atoms with Crippen LogP contribution in [0.3, 0.4) is 0 Å². The lowest BCUT2D eigenvalue weighted by atomic mass is 9.85. The largest absolute Gasteiger partial charge is 0.396 e. The number of nitrogens with one attached hydrogen (secondary N) is 2. The third-order valence-corrected chi connectivity index (χ3v) is 5.14. The van der Waals surface area contributed by atoms with Gasteiger partial charge in [0.05, 0.1) is 5.69 Å². The van der Waals surface area contributed by atoms with Crippen LogP contribution in [-0.2, 0) is 4.79 Å². The molecule has 3 N–H and O–H groups in total. The molecule has 2 bridgehead atoms. The topological polar surface area (TPSA) is 78.4 Å². The summed E-state index contributed by atoms with van der Waals surface area (Å²) in [5.74, 6) is -0.268. The fourth-order valence-corrected chi connectivity index (χ4v) is 4.08. The van der Waals surface area contributed by atoms with Crippen LogP contribution in [0.5, 0.6) is 0 Å². The maximum absolute atomic E-state index is 13.7. The van der Waals surface area contributed by atoms with Gasteiger partial charge in [0.15, 0.2) is 0 Å². The molecule has 2 amide bonds. The summed E-state index contributed by atoms with van der Waals surface area (Å²) in [7, 11) is 0. The van der Waals surface area contributed by atoms with Crippen LogP contribution < -0.4 is 10.6 Å². The molecule has 2 aliphatic rings. The predicted octanol–water partition coefficient (Wildman–Crippen LogP) is 1.92. The third kappa shape index (κ3) is 3.08. The second-order valence-corrected chi connectivity index (χ2v) is 6.55. The molecule has 4 atom stereocenters. The summed E-state index contributed by atoms with van der Waals surface area (Å²) in [5.41, 5.74) is 0.298. The number of anilines is 1. The zero-order valence-corrected chi connectivity index (χ0v) is 13.0. The van der Waals surface area contributed by atoms with Crippen molar-refractivity contribution < 1.29 is 19.1 Å². The van der Waals surface area contributed by atoms with Crippen LogP contribution in [0.25, 0.3) is 0 Å². The van der Waals surface area contributed by atoms with Crippen LogP contribution in [0.1, 0.15) is 36.5 Å². The molecule has 0 saturated heterocycles. The molecule has 6 heteroatoms. The summed E-state index contributed by atoms with van der Waals surface area (Å²) in [6.07, 6.45) is 3.24. The van der Waals surface area contributed by atoms with Crippen molar-refractivity contribution in [1.29, 1.82) is 0 Å². The van der Waals surface area contributed by atoms with E-state index in [-0.39, 0.29) is 30.2 Å². The molecule has 3 rings (SSSR count). The molecule has 0 aromatic heterocycles. The monoisotopic (exact) mass is 320 g/mol. The molecule has 4 unspecified atom stereocenters. The second-order valence-electron chi connectivity index (χ2n) is 6.55. The van der Waals surface area contributed by atoms with Gasteiger partial charge in [0.1, 0.15) is 5.82 Å². The van der Waals surface area contributed by atoms with Crippen LogP contribution in [0, 0.1) is 23.6 Å². The highest BCUT2D eigenvalue weighted by Gasteiger charge is 2.47. The van der Waals surface area contributed by atoms with Crippen LogP contribution in [-0.4, -0.2) is 29.6 Å². The van der Waals surface area contributed by atoms with Crippen LogP contribution in [0.15, 0.2) is 18.2 Å². The number of hydrogen-bond acceptors (Lipinski definition) is 3. The third-order valence-electron chi connectivity index (χ3n) is 5.14. The van der Waals surface area contributed by atoms with Crippen LogP contribution in [0.4, 0.5) is 10.1 Å². The zero-order valence-electron chi connectivity index (χ0n) is 13.0. The lowest BCUT2D eigenvalue weighted by Gasteiger charge is -2.30. The van der Waals surface area contributed by atoms with E-state index in [2.05, 4.69) is 10.6 Å². The normalized spacial score (nSPS) is 28.7. The fourth-order valence-electron chi connectivity index (χ4n) is 4.08. The first-order valence-electron chi connectivity index (χ1n) is 7.98. The maximum atomic E-state index is 13.7. The first-order chi connectivity index (χ1) is 11.0.